The lowest BCUT2D eigenvalue weighted by Gasteiger charge is -2.32. The molecule has 0 spiro atoms. The zero-order valence-corrected chi connectivity index (χ0v) is 14.5. The number of pyridine rings is 1. The molecule has 130 valence electrons. The van der Waals surface area contributed by atoms with Gasteiger partial charge < -0.3 is 19.7 Å². The van der Waals surface area contributed by atoms with Crippen LogP contribution >= 0.6 is 0 Å². The zero-order chi connectivity index (χ0) is 18.1. The summed E-state index contributed by atoms with van der Waals surface area (Å²) in [6.07, 6.45) is 2.74. The number of halogens is 1. The first-order chi connectivity index (χ1) is 11.1. The molecule has 1 saturated heterocycles. The molecule has 1 aliphatic heterocycles. The second-order valence-corrected chi connectivity index (χ2v) is 6.70. The lowest BCUT2D eigenvalue weighted by Crippen LogP contribution is -2.41. The van der Waals surface area contributed by atoms with E-state index in [0.717, 1.165) is 6.07 Å². The maximum absolute atomic E-state index is 14.3. The van der Waals surface area contributed by atoms with Gasteiger partial charge in [0, 0.05) is 12.7 Å². The van der Waals surface area contributed by atoms with Crippen molar-refractivity contribution in [1.29, 1.82) is 0 Å². The van der Waals surface area contributed by atoms with Crippen LogP contribution in [0.4, 0.5) is 4.39 Å². The van der Waals surface area contributed by atoms with E-state index < -0.39 is 35.7 Å². The van der Waals surface area contributed by atoms with Crippen molar-refractivity contribution in [2.45, 2.75) is 38.9 Å². The van der Waals surface area contributed by atoms with E-state index in [1.807, 2.05) is 27.7 Å². The first-order valence-electron chi connectivity index (χ1n) is 7.67. The molecule has 2 rings (SSSR count). The topological polar surface area (TPSA) is 80.7 Å². The van der Waals surface area contributed by atoms with Crippen LogP contribution in [0, 0.1) is 5.82 Å². The highest BCUT2D eigenvalue weighted by atomic mass is 19.1. The van der Waals surface area contributed by atoms with Gasteiger partial charge in [0.2, 0.25) is 0 Å². The second-order valence-electron chi connectivity index (χ2n) is 6.70. The normalized spacial score (nSPS) is 19.6. The Labute approximate surface area is 141 Å². The molecule has 0 saturated carbocycles. The number of nitrogens with zero attached hydrogens (tertiary/aromatic N) is 1. The van der Waals surface area contributed by atoms with E-state index in [1.165, 1.54) is 12.3 Å². The fourth-order valence-corrected chi connectivity index (χ4v) is 2.30. The molecule has 0 aliphatic carbocycles. The van der Waals surface area contributed by atoms with Crippen molar-refractivity contribution in [3.8, 4) is 0 Å². The smallest absolute Gasteiger partial charge is 0.478 e. The van der Waals surface area contributed by atoms with Gasteiger partial charge in [0.25, 0.3) is 0 Å². The Bertz CT molecular complexity index is 660. The number of hydrogen-bond acceptors (Lipinski definition) is 5. The van der Waals surface area contributed by atoms with E-state index in [0.29, 0.717) is 12.0 Å². The van der Waals surface area contributed by atoms with Crippen molar-refractivity contribution in [1.82, 2.24) is 10.3 Å². The number of likely N-dealkylation sites (N-methyl/N-ethyl adjacent to an activating group) is 1. The molecular weight excluding hydrogens is 314 g/mol. The van der Waals surface area contributed by atoms with Crippen LogP contribution in [-0.4, -0.2) is 48.0 Å². The number of aromatic carboxylic acids is 1. The predicted molar refractivity (Wildman–Crippen MR) is 89.1 cm³/mol. The van der Waals surface area contributed by atoms with Gasteiger partial charge in [-0.3, -0.25) is 4.98 Å². The van der Waals surface area contributed by atoms with Crippen molar-refractivity contribution < 1.29 is 23.6 Å². The number of nitrogens with one attached hydrogen (secondary N) is 1. The van der Waals surface area contributed by atoms with Gasteiger partial charge in [-0.25, -0.2) is 9.18 Å². The molecule has 24 heavy (non-hydrogen) atoms. The zero-order valence-electron chi connectivity index (χ0n) is 14.5. The molecule has 0 aromatic carbocycles. The third kappa shape index (κ3) is 3.50. The van der Waals surface area contributed by atoms with Gasteiger partial charge in [-0.05, 0) is 52.4 Å². The third-order valence-corrected chi connectivity index (χ3v) is 4.41. The Kier molecular flexibility index (Phi) is 5.12. The minimum Gasteiger partial charge on any atom is -0.478 e. The summed E-state index contributed by atoms with van der Waals surface area (Å²) in [4.78, 5) is 15.0. The maximum Gasteiger partial charge on any atom is 0.491 e. The first-order valence-corrected chi connectivity index (χ1v) is 7.67. The van der Waals surface area contributed by atoms with Crippen LogP contribution in [0.5, 0.6) is 0 Å². The number of aromatic nitrogens is 1. The Morgan fingerprint density at radius 1 is 1.38 bits per heavy atom. The largest absolute Gasteiger partial charge is 0.491 e. The standard InChI is InChI=1S/C16H22BFN2O4/c1-15(2)16(3,4)24-17(23-15)10(9-19-5)8-12-13(18)11(14(21)22)6-7-20-12/h6-8,19H,9H2,1-5H3,(H,21,22). The van der Waals surface area contributed by atoms with Crippen molar-refractivity contribution in [3.63, 3.8) is 0 Å². The molecule has 0 unspecified atom stereocenters. The van der Waals surface area contributed by atoms with E-state index in [-0.39, 0.29) is 5.69 Å². The number of carboxylic acid groups (broad SMARTS) is 1. The molecule has 6 nitrogen and oxygen atoms in total. The summed E-state index contributed by atoms with van der Waals surface area (Å²) in [5.74, 6) is -2.22. The van der Waals surface area contributed by atoms with Crippen LogP contribution in [0.15, 0.2) is 17.7 Å². The van der Waals surface area contributed by atoms with E-state index in [9.17, 15) is 9.18 Å². The molecule has 2 heterocycles. The predicted octanol–water partition coefficient (Wildman–Crippen LogP) is 2.15. The van der Waals surface area contributed by atoms with Gasteiger partial charge in [0.1, 0.15) is 0 Å². The van der Waals surface area contributed by atoms with Crippen molar-refractivity contribution >= 4 is 19.2 Å². The van der Waals surface area contributed by atoms with Crippen LogP contribution in [0.1, 0.15) is 43.7 Å². The van der Waals surface area contributed by atoms with Gasteiger partial charge in [-0.2, -0.15) is 0 Å². The number of carbonyl (C=O) groups is 1. The minimum atomic E-state index is -1.34. The molecule has 2 N–H and O–H groups in total. The summed E-state index contributed by atoms with van der Waals surface area (Å²) < 4.78 is 26.3. The minimum absolute atomic E-state index is 0.0603. The maximum atomic E-state index is 14.3. The lowest BCUT2D eigenvalue weighted by atomic mass is 9.77. The fraction of sp³-hybridized carbons (Fsp3) is 0.500. The lowest BCUT2D eigenvalue weighted by molar-refractivity contribution is 0.00578. The molecule has 1 aromatic heterocycles. The Hall–Kier alpha value is -1.77. The molecule has 0 bridgehead atoms. The third-order valence-electron chi connectivity index (χ3n) is 4.41. The molecule has 1 fully saturated rings. The molecule has 8 heteroatoms. The van der Waals surface area contributed by atoms with E-state index in [1.54, 1.807) is 7.05 Å². The summed E-state index contributed by atoms with van der Waals surface area (Å²) in [6.45, 7) is 8.08. The SMILES string of the molecule is CNCC(=Cc1nccc(C(=O)O)c1F)B1OC(C)(C)C(C)(C)O1. The van der Waals surface area contributed by atoms with Gasteiger partial charge >= 0.3 is 13.1 Å². The number of hydrogen-bond donors (Lipinski definition) is 2. The van der Waals surface area contributed by atoms with E-state index in [4.69, 9.17) is 14.4 Å². The Balaban J connectivity index is 2.41. The van der Waals surface area contributed by atoms with Crippen LogP contribution in [0.2, 0.25) is 0 Å². The number of carboxylic acids is 1. The van der Waals surface area contributed by atoms with E-state index in [2.05, 4.69) is 10.3 Å². The Morgan fingerprint density at radius 3 is 2.46 bits per heavy atom. The summed E-state index contributed by atoms with van der Waals surface area (Å²) in [5.41, 5.74) is -0.910. The highest BCUT2D eigenvalue weighted by Gasteiger charge is 2.52. The number of rotatable bonds is 5. The van der Waals surface area contributed by atoms with Crippen LogP contribution in [0.3, 0.4) is 0 Å². The highest BCUT2D eigenvalue weighted by molar-refractivity contribution is 6.55. The molecule has 0 amide bonds. The van der Waals surface area contributed by atoms with Gasteiger partial charge in [0.15, 0.2) is 5.82 Å². The van der Waals surface area contributed by atoms with Crippen LogP contribution in [-0.2, 0) is 9.31 Å². The summed E-state index contributed by atoms with van der Waals surface area (Å²) >= 11 is 0. The molecule has 1 aliphatic rings. The van der Waals surface area contributed by atoms with Gasteiger partial charge in [-0.15, -0.1) is 0 Å². The first kappa shape index (κ1) is 18.6. The highest BCUT2D eigenvalue weighted by Crippen LogP contribution is 2.38. The molecule has 0 radical (unpaired) electrons. The molecular formula is C16H22BFN2O4. The molecule has 1 aromatic rings. The van der Waals surface area contributed by atoms with Gasteiger partial charge in [-0.1, -0.05) is 0 Å². The summed E-state index contributed by atoms with van der Waals surface area (Å²) in [6, 6.07) is 1.13. The average molecular weight is 336 g/mol. The summed E-state index contributed by atoms with van der Waals surface area (Å²) in [5, 5.41) is 12.0. The monoisotopic (exact) mass is 336 g/mol. The van der Waals surface area contributed by atoms with Crippen molar-refractivity contribution in [3.05, 3.63) is 34.8 Å². The fourth-order valence-electron chi connectivity index (χ4n) is 2.30. The van der Waals surface area contributed by atoms with Crippen LogP contribution in [0.25, 0.3) is 6.08 Å². The van der Waals surface area contributed by atoms with Gasteiger partial charge in [0.05, 0.1) is 22.5 Å². The Morgan fingerprint density at radius 2 is 1.96 bits per heavy atom. The average Bonchev–Trinajstić information content (AvgIpc) is 2.68. The van der Waals surface area contributed by atoms with Crippen molar-refractivity contribution in [2.24, 2.45) is 0 Å². The quantitative estimate of drug-likeness (QED) is 0.802. The summed E-state index contributed by atoms with van der Waals surface area (Å²) in [7, 11) is 1.08. The second kappa shape index (κ2) is 6.62. The molecule has 0 atom stereocenters. The van der Waals surface area contributed by atoms with Crippen molar-refractivity contribution in [2.75, 3.05) is 13.6 Å². The van der Waals surface area contributed by atoms with E-state index >= 15 is 0 Å². The van der Waals surface area contributed by atoms with Crippen LogP contribution < -0.4 is 5.32 Å².